The number of non-ortho nitro benzene ring substituents is 1. The number of nitrogens with zero attached hydrogens (tertiary/aromatic N) is 3. The lowest BCUT2D eigenvalue weighted by molar-refractivity contribution is -0.384. The molecule has 0 aliphatic carbocycles. The van der Waals surface area contributed by atoms with Crippen LogP contribution >= 0.6 is 12.2 Å². The van der Waals surface area contributed by atoms with E-state index >= 15 is 0 Å². The number of ether oxygens (including phenoxy) is 1. The van der Waals surface area contributed by atoms with E-state index < -0.39 is 10.8 Å². The highest BCUT2D eigenvalue weighted by Crippen LogP contribution is 2.28. The van der Waals surface area contributed by atoms with Crippen molar-refractivity contribution in [2.24, 2.45) is 0 Å². The maximum Gasteiger partial charge on any atom is 0.270 e. The van der Waals surface area contributed by atoms with Crippen LogP contribution in [0.1, 0.15) is 15.9 Å². The zero-order valence-corrected chi connectivity index (χ0v) is 20.8. The molecule has 0 atom stereocenters. The number of benzene rings is 3. The average molecular weight is 517 g/mol. The number of amides is 1. The molecular weight excluding hydrogens is 492 g/mol. The smallest absolute Gasteiger partial charge is 0.270 e. The van der Waals surface area contributed by atoms with E-state index in [1.807, 2.05) is 54.3 Å². The monoisotopic (exact) mass is 516 g/mol. The Morgan fingerprint density at radius 2 is 1.92 bits per heavy atom. The number of rotatable bonds is 5. The number of H-pyrrole nitrogens is 1. The number of morpholine rings is 1. The summed E-state index contributed by atoms with van der Waals surface area (Å²) in [6.45, 7) is 4.10. The molecule has 1 saturated heterocycles. The first-order valence-electron chi connectivity index (χ1n) is 11.7. The molecule has 1 aliphatic heterocycles. The number of carbonyl (C=O) groups is 1. The highest BCUT2D eigenvalue weighted by atomic mass is 32.1. The van der Waals surface area contributed by atoms with Gasteiger partial charge in [-0.3, -0.25) is 20.2 Å². The number of nitro benzene ring substituents is 1. The van der Waals surface area contributed by atoms with Gasteiger partial charge in [-0.2, -0.15) is 0 Å². The van der Waals surface area contributed by atoms with E-state index in [0.29, 0.717) is 43.5 Å². The standard InChI is InChI=1S/C26H24N6O4S/c1-16-6-7-17(24-27-20-4-2-3-5-21(20)28-24)14-22(16)29-26(37)30-25(33)19-15-18(32(34)35)8-9-23(19)31-10-12-36-13-11-31/h2-9,14-15H,10-13H2,1H3,(H,27,28)(H2,29,30,33,37). The summed E-state index contributed by atoms with van der Waals surface area (Å²) in [6, 6.07) is 17.8. The van der Waals surface area contributed by atoms with Gasteiger partial charge in [0.05, 0.1) is 40.4 Å². The number of aromatic amines is 1. The van der Waals surface area contributed by atoms with Gasteiger partial charge >= 0.3 is 0 Å². The molecule has 10 nitrogen and oxygen atoms in total. The van der Waals surface area contributed by atoms with E-state index in [0.717, 1.165) is 22.2 Å². The lowest BCUT2D eigenvalue weighted by Gasteiger charge is -2.30. The van der Waals surface area contributed by atoms with Crippen molar-refractivity contribution in [3.8, 4) is 11.4 Å². The first kappa shape index (κ1) is 24.3. The zero-order valence-electron chi connectivity index (χ0n) is 20.0. The molecule has 3 N–H and O–H groups in total. The summed E-state index contributed by atoms with van der Waals surface area (Å²) < 4.78 is 5.40. The van der Waals surface area contributed by atoms with E-state index in [1.165, 1.54) is 12.1 Å². The Bertz CT molecular complexity index is 1480. The van der Waals surface area contributed by atoms with Gasteiger partial charge in [0.25, 0.3) is 11.6 Å². The summed E-state index contributed by atoms with van der Waals surface area (Å²) >= 11 is 5.43. The van der Waals surface area contributed by atoms with E-state index in [4.69, 9.17) is 17.0 Å². The van der Waals surface area contributed by atoms with Gasteiger partial charge in [0, 0.05) is 36.5 Å². The minimum absolute atomic E-state index is 0.0780. The molecule has 1 aliphatic rings. The molecule has 188 valence electrons. The van der Waals surface area contributed by atoms with Crippen molar-refractivity contribution >= 4 is 51.3 Å². The first-order chi connectivity index (χ1) is 17.9. The highest BCUT2D eigenvalue weighted by Gasteiger charge is 2.23. The largest absolute Gasteiger partial charge is 0.378 e. The lowest BCUT2D eigenvalue weighted by atomic mass is 10.1. The second-order valence-corrected chi connectivity index (χ2v) is 9.01. The third kappa shape index (κ3) is 5.27. The quantitative estimate of drug-likeness (QED) is 0.202. The molecule has 0 radical (unpaired) electrons. The van der Waals surface area contributed by atoms with Gasteiger partial charge in [-0.1, -0.05) is 24.3 Å². The van der Waals surface area contributed by atoms with Crippen LogP contribution in [-0.4, -0.2) is 52.2 Å². The van der Waals surface area contributed by atoms with Crippen LogP contribution in [0.4, 0.5) is 17.1 Å². The normalized spacial score (nSPS) is 13.4. The van der Waals surface area contributed by atoms with Gasteiger partial charge in [-0.25, -0.2) is 4.98 Å². The average Bonchev–Trinajstić information content (AvgIpc) is 3.34. The topological polar surface area (TPSA) is 125 Å². The van der Waals surface area contributed by atoms with Crippen LogP contribution in [0, 0.1) is 17.0 Å². The van der Waals surface area contributed by atoms with E-state index in [1.54, 1.807) is 6.07 Å². The van der Waals surface area contributed by atoms with Crippen molar-refractivity contribution in [2.45, 2.75) is 6.92 Å². The second kappa shape index (κ2) is 10.3. The summed E-state index contributed by atoms with van der Waals surface area (Å²) in [5.41, 5.74) is 4.87. The molecule has 0 bridgehead atoms. The van der Waals surface area contributed by atoms with E-state index in [9.17, 15) is 14.9 Å². The molecule has 1 amide bonds. The SMILES string of the molecule is Cc1ccc(-c2nc3ccccc3[nH]2)cc1NC(=S)NC(=O)c1cc([N+](=O)[O-])ccc1N1CCOCC1. The Morgan fingerprint density at radius 1 is 1.14 bits per heavy atom. The summed E-state index contributed by atoms with van der Waals surface area (Å²) in [6.07, 6.45) is 0. The molecule has 1 aromatic heterocycles. The molecule has 0 spiro atoms. The fourth-order valence-corrected chi connectivity index (χ4v) is 4.42. The fraction of sp³-hybridized carbons (Fsp3) is 0.192. The van der Waals surface area contributed by atoms with Gasteiger partial charge in [0.15, 0.2) is 5.11 Å². The molecule has 1 fully saturated rings. The molecule has 3 aromatic carbocycles. The van der Waals surface area contributed by atoms with E-state index in [-0.39, 0.29) is 16.4 Å². The first-order valence-corrected chi connectivity index (χ1v) is 12.1. The summed E-state index contributed by atoms with van der Waals surface area (Å²) in [5.74, 6) is 0.180. The second-order valence-electron chi connectivity index (χ2n) is 8.60. The van der Waals surface area contributed by atoms with Crippen molar-refractivity contribution in [2.75, 3.05) is 36.5 Å². The van der Waals surface area contributed by atoms with Crippen LogP contribution in [0.5, 0.6) is 0 Å². The number of fused-ring (bicyclic) bond motifs is 1. The van der Waals surface area contributed by atoms with Crippen molar-refractivity contribution < 1.29 is 14.5 Å². The molecule has 11 heteroatoms. The van der Waals surface area contributed by atoms with Crippen molar-refractivity contribution in [1.29, 1.82) is 0 Å². The Kier molecular flexibility index (Phi) is 6.80. The molecule has 0 saturated carbocycles. The minimum atomic E-state index is -0.534. The van der Waals surface area contributed by atoms with E-state index in [2.05, 4.69) is 20.6 Å². The number of aromatic nitrogens is 2. The molecule has 2 heterocycles. The summed E-state index contributed by atoms with van der Waals surface area (Å²) in [5, 5.41) is 17.2. The number of carbonyl (C=O) groups excluding carboxylic acids is 1. The van der Waals surface area contributed by atoms with Crippen molar-refractivity contribution in [3.63, 3.8) is 0 Å². The van der Waals surface area contributed by atoms with Crippen LogP contribution in [0.15, 0.2) is 60.7 Å². The number of hydrogen-bond donors (Lipinski definition) is 3. The van der Waals surface area contributed by atoms with Gasteiger partial charge in [0.1, 0.15) is 5.82 Å². The summed E-state index contributed by atoms with van der Waals surface area (Å²) in [4.78, 5) is 34.0. The molecular formula is C26H24N6O4S. The Hall–Kier alpha value is -4.35. The maximum absolute atomic E-state index is 13.2. The molecule has 0 unspecified atom stereocenters. The predicted molar refractivity (Wildman–Crippen MR) is 146 cm³/mol. The lowest BCUT2D eigenvalue weighted by Crippen LogP contribution is -2.39. The van der Waals surface area contributed by atoms with Crippen molar-refractivity contribution in [1.82, 2.24) is 15.3 Å². The Morgan fingerprint density at radius 3 is 2.68 bits per heavy atom. The molecule has 4 aromatic rings. The number of para-hydroxylation sites is 2. The number of anilines is 2. The Labute approximate surface area is 217 Å². The van der Waals surface area contributed by atoms with Gasteiger partial charge in [0.2, 0.25) is 0 Å². The number of thiocarbonyl (C=S) groups is 1. The third-order valence-corrected chi connectivity index (χ3v) is 6.37. The van der Waals surface area contributed by atoms with Crippen molar-refractivity contribution in [3.05, 3.63) is 81.9 Å². The fourth-order valence-electron chi connectivity index (χ4n) is 4.22. The van der Waals surface area contributed by atoms with Gasteiger partial charge in [-0.05, 0) is 49.0 Å². The highest BCUT2D eigenvalue weighted by molar-refractivity contribution is 7.80. The van der Waals surface area contributed by atoms with Crippen LogP contribution in [0.3, 0.4) is 0 Å². The number of nitro groups is 1. The zero-order chi connectivity index (χ0) is 25.9. The number of hydrogen-bond acceptors (Lipinski definition) is 7. The van der Waals surface area contributed by atoms with Crippen LogP contribution in [-0.2, 0) is 4.74 Å². The van der Waals surface area contributed by atoms with Gasteiger partial charge < -0.3 is 19.9 Å². The third-order valence-electron chi connectivity index (χ3n) is 6.16. The Balaban J connectivity index is 1.36. The molecule has 37 heavy (non-hydrogen) atoms. The molecule has 5 rings (SSSR count). The van der Waals surface area contributed by atoms with Crippen LogP contribution < -0.4 is 15.5 Å². The summed E-state index contributed by atoms with van der Waals surface area (Å²) in [7, 11) is 0. The van der Waals surface area contributed by atoms with Gasteiger partial charge in [-0.15, -0.1) is 0 Å². The predicted octanol–water partition coefficient (Wildman–Crippen LogP) is 4.41. The number of aryl methyl sites for hydroxylation is 1. The number of nitrogens with one attached hydrogen (secondary N) is 3. The maximum atomic E-state index is 13.2. The number of imidazole rings is 1. The minimum Gasteiger partial charge on any atom is -0.378 e. The van der Waals surface area contributed by atoms with Crippen LogP contribution in [0.2, 0.25) is 0 Å². The van der Waals surface area contributed by atoms with Crippen LogP contribution in [0.25, 0.3) is 22.4 Å².